The van der Waals surface area contributed by atoms with Gasteiger partial charge in [0.25, 0.3) is 11.8 Å². The molecular formula is C25H33Cl2N7O4S. The third kappa shape index (κ3) is 7.59. The van der Waals surface area contributed by atoms with E-state index in [0.717, 1.165) is 30.1 Å². The van der Waals surface area contributed by atoms with Crippen LogP contribution in [0.25, 0.3) is 0 Å². The van der Waals surface area contributed by atoms with Crippen molar-refractivity contribution in [2.45, 2.75) is 44.3 Å². The quantitative estimate of drug-likeness (QED) is 0.180. The Bertz CT molecular complexity index is 1220. The maximum atomic E-state index is 13.2. The van der Waals surface area contributed by atoms with Gasteiger partial charge in [-0.15, -0.1) is 23.7 Å². The van der Waals surface area contributed by atoms with Crippen molar-refractivity contribution < 1.29 is 19.6 Å². The monoisotopic (exact) mass is 597 g/mol. The van der Waals surface area contributed by atoms with E-state index in [-0.39, 0.29) is 36.0 Å². The molecule has 3 atom stereocenters. The maximum absolute atomic E-state index is 13.2. The average molecular weight is 599 g/mol. The van der Waals surface area contributed by atoms with Crippen molar-refractivity contribution in [1.82, 2.24) is 25.4 Å². The van der Waals surface area contributed by atoms with Crippen molar-refractivity contribution in [2.75, 3.05) is 33.0 Å². The zero-order valence-electron chi connectivity index (χ0n) is 21.9. The largest absolute Gasteiger partial charge is 0.409 e. The summed E-state index contributed by atoms with van der Waals surface area (Å²) in [6.07, 6.45) is 2.15. The van der Waals surface area contributed by atoms with Crippen LogP contribution in [-0.2, 0) is 22.6 Å². The lowest BCUT2D eigenvalue weighted by atomic mass is 9.81. The first-order chi connectivity index (χ1) is 18.1. The lowest BCUT2D eigenvalue weighted by Gasteiger charge is -2.37. The summed E-state index contributed by atoms with van der Waals surface area (Å²) in [5, 5.41) is 22.2. The molecule has 1 saturated carbocycles. The summed E-state index contributed by atoms with van der Waals surface area (Å²) in [5.41, 5.74) is 1.46. The second-order valence-electron chi connectivity index (χ2n) is 9.86. The molecule has 1 aliphatic carbocycles. The van der Waals surface area contributed by atoms with E-state index < -0.39 is 18.0 Å². The first-order valence-electron chi connectivity index (χ1n) is 12.4. The summed E-state index contributed by atoms with van der Waals surface area (Å²) >= 11 is 7.29. The number of rotatable bonds is 5. The summed E-state index contributed by atoms with van der Waals surface area (Å²) in [7, 11) is 5.44. The zero-order valence-corrected chi connectivity index (χ0v) is 24.3. The molecule has 4 rings (SSSR count). The number of halogens is 2. The standard InChI is InChI=1S/C25H32ClN7O4S.ClH/c1-32(2)25(36)14-4-9-17(28-22(34)21(31-37)27-16-7-5-15(26)6-8-16)19(12-14)29-23(35)24-30-18-10-11-33(3)13-20(18)38-24;/h5-8,14,17,19,37H,4,9-13H2,1-3H3,(H,27,31)(H,28,34)(H,29,35);1H/t14?,17-,19+;/m0./s1. The lowest BCUT2D eigenvalue weighted by molar-refractivity contribution is -0.134. The number of fused-ring (bicyclic) bond motifs is 1. The van der Waals surface area contributed by atoms with Gasteiger partial charge in [-0.2, -0.15) is 0 Å². The van der Waals surface area contributed by atoms with Crippen molar-refractivity contribution in [3.63, 3.8) is 0 Å². The first kappa shape index (κ1) is 30.6. The molecule has 1 unspecified atom stereocenters. The highest BCUT2D eigenvalue weighted by molar-refractivity contribution is 7.13. The molecule has 2 aliphatic rings. The molecule has 1 fully saturated rings. The minimum atomic E-state index is -0.642. The van der Waals surface area contributed by atoms with Crippen LogP contribution in [0.2, 0.25) is 5.02 Å². The van der Waals surface area contributed by atoms with E-state index in [0.29, 0.717) is 35.0 Å². The minimum absolute atomic E-state index is 0. The first-order valence-corrected chi connectivity index (χ1v) is 13.6. The summed E-state index contributed by atoms with van der Waals surface area (Å²) < 4.78 is 0. The van der Waals surface area contributed by atoms with Crippen molar-refractivity contribution in [3.05, 3.63) is 44.9 Å². The minimum Gasteiger partial charge on any atom is -0.409 e. The van der Waals surface area contributed by atoms with E-state index in [9.17, 15) is 19.6 Å². The van der Waals surface area contributed by atoms with Gasteiger partial charge < -0.3 is 31.0 Å². The van der Waals surface area contributed by atoms with Gasteiger partial charge in [-0.05, 0) is 50.6 Å². The van der Waals surface area contributed by atoms with Gasteiger partial charge >= 0.3 is 0 Å². The molecule has 212 valence electrons. The Morgan fingerprint density at radius 2 is 1.87 bits per heavy atom. The highest BCUT2D eigenvalue weighted by Crippen LogP contribution is 2.28. The Kier molecular flexibility index (Phi) is 10.5. The second kappa shape index (κ2) is 13.4. The van der Waals surface area contributed by atoms with Crippen LogP contribution in [-0.4, -0.2) is 83.3 Å². The van der Waals surface area contributed by atoms with Gasteiger partial charge in [0.05, 0.1) is 11.7 Å². The predicted octanol–water partition coefficient (Wildman–Crippen LogP) is 2.58. The fourth-order valence-electron chi connectivity index (χ4n) is 4.78. The van der Waals surface area contributed by atoms with Crippen LogP contribution in [0, 0.1) is 5.92 Å². The molecule has 0 bridgehead atoms. The topological polar surface area (TPSA) is 139 Å². The third-order valence-electron chi connectivity index (χ3n) is 6.81. The van der Waals surface area contributed by atoms with Crippen molar-refractivity contribution in [2.24, 2.45) is 11.1 Å². The number of amidine groups is 1. The molecule has 1 aromatic heterocycles. The van der Waals surface area contributed by atoms with E-state index in [2.05, 4.69) is 31.0 Å². The number of hydrogen-bond acceptors (Lipinski definition) is 8. The number of benzene rings is 1. The summed E-state index contributed by atoms with van der Waals surface area (Å²) in [6.45, 7) is 1.65. The van der Waals surface area contributed by atoms with Crippen LogP contribution in [0.4, 0.5) is 5.69 Å². The van der Waals surface area contributed by atoms with Gasteiger partial charge in [0, 0.05) is 61.2 Å². The molecule has 2 heterocycles. The lowest BCUT2D eigenvalue weighted by Crippen LogP contribution is -2.57. The average Bonchev–Trinajstić information content (AvgIpc) is 3.32. The van der Waals surface area contributed by atoms with Crippen molar-refractivity contribution >= 4 is 64.6 Å². The molecule has 1 aromatic carbocycles. The molecule has 1 aliphatic heterocycles. The summed E-state index contributed by atoms with van der Waals surface area (Å²) in [4.78, 5) is 48.3. The number of hydrogen-bond donors (Lipinski definition) is 4. The Labute approximate surface area is 242 Å². The number of anilines is 1. The smallest absolute Gasteiger partial charge is 0.290 e. The van der Waals surface area contributed by atoms with Gasteiger partial charge in [0.1, 0.15) is 0 Å². The Morgan fingerprint density at radius 3 is 2.54 bits per heavy atom. The number of thiazole rings is 1. The maximum Gasteiger partial charge on any atom is 0.290 e. The van der Waals surface area contributed by atoms with Crippen LogP contribution in [0.15, 0.2) is 29.4 Å². The van der Waals surface area contributed by atoms with E-state index >= 15 is 0 Å². The Morgan fingerprint density at radius 1 is 1.15 bits per heavy atom. The fraction of sp³-hybridized carbons (Fsp3) is 0.480. The van der Waals surface area contributed by atoms with Gasteiger partial charge in [-0.25, -0.2) is 4.98 Å². The third-order valence-corrected chi connectivity index (χ3v) is 8.14. The van der Waals surface area contributed by atoms with Crippen LogP contribution >= 0.6 is 35.3 Å². The number of amides is 3. The molecule has 0 spiro atoms. The van der Waals surface area contributed by atoms with Gasteiger partial charge in [-0.1, -0.05) is 16.8 Å². The van der Waals surface area contributed by atoms with Crippen LogP contribution in [0.1, 0.15) is 39.6 Å². The van der Waals surface area contributed by atoms with Crippen LogP contribution in [0.3, 0.4) is 0 Å². The number of likely N-dealkylation sites (N-methyl/N-ethyl adjacent to an activating group) is 1. The zero-order chi connectivity index (χ0) is 27.4. The van der Waals surface area contributed by atoms with E-state index in [1.165, 1.54) is 11.3 Å². The molecular weight excluding hydrogens is 565 g/mol. The van der Waals surface area contributed by atoms with Gasteiger partial charge in [0.15, 0.2) is 5.01 Å². The fourth-order valence-corrected chi connectivity index (χ4v) is 5.99. The SMILES string of the molecule is CN1CCc2nc(C(=O)N[C@@H]3CC(C(=O)N(C)C)CC[C@@H]3NC(=O)C(=NO)Nc3ccc(Cl)cc3)sc2C1.Cl. The molecule has 2 aromatic rings. The van der Waals surface area contributed by atoms with Gasteiger partial charge in [0.2, 0.25) is 11.7 Å². The molecule has 4 N–H and O–H groups in total. The molecule has 0 saturated heterocycles. The summed E-state index contributed by atoms with van der Waals surface area (Å²) in [6, 6.07) is 5.57. The van der Waals surface area contributed by atoms with Gasteiger partial charge in [-0.3, -0.25) is 14.4 Å². The number of oxime groups is 1. The number of nitrogens with one attached hydrogen (secondary N) is 3. The van der Waals surface area contributed by atoms with E-state index in [4.69, 9.17) is 11.6 Å². The summed E-state index contributed by atoms with van der Waals surface area (Å²) in [5.74, 6) is -1.59. The van der Waals surface area contributed by atoms with Crippen molar-refractivity contribution in [1.29, 1.82) is 0 Å². The number of carbonyl (C=O) groups is 3. The predicted molar refractivity (Wildman–Crippen MR) is 153 cm³/mol. The Balaban J connectivity index is 0.00000420. The highest BCUT2D eigenvalue weighted by atomic mass is 35.5. The van der Waals surface area contributed by atoms with E-state index in [1.54, 1.807) is 43.3 Å². The molecule has 39 heavy (non-hydrogen) atoms. The molecule has 11 nitrogen and oxygen atoms in total. The molecule has 0 radical (unpaired) electrons. The number of aromatic nitrogens is 1. The molecule has 14 heteroatoms. The second-order valence-corrected chi connectivity index (χ2v) is 11.4. The van der Waals surface area contributed by atoms with Crippen LogP contribution in [0.5, 0.6) is 0 Å². The number of nitrogens with zero attached hydrogens (tertiary/aromatic N) is 4. The number of carbonyl (C=O) groups excluding carboxylic acids is 3. The Hall–Kier alpha value is -2.93. The normalized spacial score (nSPS) is 21.2. The van der Waals surface area contributed by atoms with Crippen LogP contribution < -0.4 is 16.0 Å². The van der Waals surface area contributed by atoms with Crippen molar-refractivity contribution in [3.8, 4) is 0 Å². The molecule has 3 amide bonds. The highest BCUT2D eigenvalue weighted by Gasteiger charge is 2.37. The van der Waals surface area contributed by atoms with E-state index in [1.807, 2.05) is 7.05 Å².